The number of amides is 2. The van der Waals surface area contributed by atoms with E-state index in [1.54, 1.807) is 58.0 Å². The standard InChI is InChI=1S/C23H29Cl2N3O4S/c1-6-26-23(30)17(4)27(13-18-10-11-19(24)12-20(18)25)21(29)14-28(33(5,31)32)22-15(2)8-7-9-16(22)3/h7-12,17H,6,13-14H2,1-5H3,(H,26,30)/t17-/m0/s1. The van der Waals surface area contributed by atoms with Gasteiger partial charge in [0.1, 0.15) is 12.6 Å². The second-order valence-corrected chi connectivity index (χ2v) is 10.6. The minimum Gasteiger partial charge on any atom is -0.355 e. The third-order valence-electron chi connectivity index (χ3n) is 5.24. The Bertz CT molecular complexity index is 1120. The molecule has 10 heteroatoms. The van der Waals surface area contributed by atoms with Gasteiger partial charge in [0.15, 0.2) is 0 Å². The number of para-hydroxylation sites is 1. The lowest BCUT2D eigenvalue weighted by Crippen LogP contribution is -2.51. The Kier molecular flexibility index (Phi) is 9.17. The van der Waals surface area contributed by atoms with Crippen LogP contribution in [0.15, 0.2) is 36.4 Å². The van der Waals surface area contributed by atoms with Crippen molar-refractivity contribution in [3.8, 4) is 0 Å². The van der Waals surface area contributed by atoms with Gasteiger partial charge in [0.05, 0.1) is 11.9 Å². The summed E-state index contributed by atoms with van der Waals surface area (Å²) in [7, 11) is -3.79. The van der Waals surface area contributed by atoms with Crippen LogP contribution < -0.4 is 9.62 Å². The highest BCUT2D eigenvalue weighted by Gasteiger charge is 2.31. The van der Waals surface area contributed by atoms with Crippen LogP contribution in [0.1, 0.15) is 30.5 Å². The zero-order chi connectivity index (χ0) is 24.9. The number of aryl methyl sites for hydroxylation is 2. The minimum absolute atomic E-state index is 0.0114. The van der Waals surface area contributed by atoms with E-state index in [-0.39, 0.29) is 12.5 Å². The maximum absolute atomic E-state index is 13.5. The number of sulfonamides is 1. The summed E-state index contributed by atoms with van der Waals surface area (Å²) in [6, 6.07) is 9.40. The molecule has 7 nitrogen and oxygen atoms in total. The molecule has 0 heterocycles. The van der Waals surface area contributed by atoms with Crippen molar-refractivity contribution in [3.05, 3.63) is 63.1 Å². The Morgan fingerprint density at radius 2 is 1.70 bits per heavy atom. The molecular formula is C23H29Cl2N3O4S. The molecule has 2 amide bonds. The second kappa shape index (κ2) is 11.2. The van der Waals surface area contributed by atoms with Gasteiger partial charge in [0.25, 0.3) is 0 Å². The molecule has 180 valence electrons. The lowest BCUT2D eigenvalue weighted by molar-refractivity contribution is -0.139. The van der Waals surface area contributed by atoms with Gasteiger partial charge in [-0.05, 0) is 56.5 Å². The molecule has 0 aliphatic rings. The highest BCUT2D eigenvalue weighted by molar-refractivity contribution is 7.92. The highest BCUT2D eigenvalue weighted by Crippen LogP contribution is 2.28. The lowest BCUT2D eigenvalue weighted by atomic mass is 10.1. The molecule has 0 spiro atoms. The van der Waals surface area contributed by atoms with Crippen molar-refractivity contribution in [3.63, 3.8) is 0 Å². The van der Waals surface area contributed by atoms with Crippen molar-refractivity contribution in [2.45, 2.75) is 40.3 Å². The van der Waals surface area contributed by atoms with E-state index in [0.717, 1.165) is 21.7 Å². The molecular weight excluding hydrogens is 485 g/mol. The zero-order valence-electron chi connectivity index (χ0n) is 19.4. The molecule has 33 heavy (non-hydrogen) atoms. The SMILES string of the molecule is CCNC(=O)[C@H](C)N(Cc1ccc(Cl)cc1Cl)C(=O)CN(c1c(C)cccc1C)S(C)(=O)=O. The van der Waals surface area contributed by atoms with E-state index < -0.39 is 28.5 Å². The smallest absolute Gasteiger partial charge is 0.244 e. The molecule has 2 aromatic carbocycles. The van der Waals surface area contributed by atoms with Crippen LogP contribution in [-0.2, 0) is 26.2 Å². The topological polar surface area (TPSA) is 86.8 Å². The molecule has 0 saturated carbocycles. The van der Waals surface area contributed by atoms with Crippen molar-refractivity contribution in [2.24, 2.45) is 0 Å². The van der Waals surface area contributed by atoms with Gasteiger partial charge in [-0.25, -0.2) is 8.42 Å². The number of nitrogens with zero attached hydrogens (tertiary/aromatic N) is 2. The Morgan fingerprint density at radius 3 is 2.21 bits per heavy atom. The van der Waals surface area contributed by atoms with E-state index in [4.69, 9.17) is 23.2 Å². The van der Waals surface area contributed by atoms with Crippen LogP contribution in [0, 0.1) is 13.8 Å². The van der Waals surface area contributed by atoms with E-state index in [1.165, 1.54) is 4.90 Å². The molecule has 0 unspecified atom stereocenters. The maximum Gasteiger partial charge on any atom is 0.244 e. The number of anilines is 1. The van der Waals surface area contributed by atoms with Gasteiger partial charge in [-0.15, -0.1) is 0 Å². The number of rotatable bonds is 9. The van der Waals surface area contributed by atoms with Crippen LogP contribution in [-0.4, -0.2) is 50.5 Å². The van der Waals surface area contributed by atoms with Crippen LogP contribution in [0.4, 0.5) is 5.69 Å². The summed E-state index contributed by atoms with van der Waals surface area (Å²) in [5, 5.41) is 3.49. The summed E-state index contributed by atoms with van der Waals surface area (Å²) in [4.78, 5) is 27.4. The quantitative estimate of drug-likeness (QED) is 0.550. The second-order valence-electron chi connectivity index (χ2n) is 7.84. The Balaban J connectivity index is 2.48. The van der Waals surface area contributed by atoms with Gasteiger partial charge in [-0.2, -0.15) is 0 Å². The molecule has 0 aliphatic heterocycles. The van der Waals surface area contributed by atoms with E-state index in [1.807, 2.05) is 6.07 Å². The first-order valence-corrected chi connectivity index (χ1v) is 13.0. The molecule has 0 saturated heterocycles. The Morgan fingerprint density at radius 1 is 1.09 bits per heavy atom. The van der Waals surface area contributed by atoms with Crippen molar-refractivity contribution in [1.82, 2.24) is 10.2 Å². The molecule has 0 bridgehead atoms. The molecule has 0 fully saturated rings. The van der Waals surface area contributed by atoms with Crippen LogP contribution in [0.3, 0.4) is 0 Å². The number of hydrogen-bond acceptors (Lipinski definition) is 4. The molecule has 0 aliphatic carbocycles. The van der Waals surface area contributed by atoms with Crippen molar-refractivity contribution in [2.75, 3.05) is 23.7 Å². The fourth-order valence-corrected chi connectivity index (χ4v) is 4.95. The van der Waals surface area contributed by atoms with E-state index in [2.05, 4.69) is 5.32 Å². The fraction of sp³-hybridized carbons (Fsp3) is 0.391. The summed E-state index contributed by atoms with van der Waals surface area (Å²) in [6.45, 7) is 6.89. The summed E-state index contributed by atoms with van der Waals surface area (Å²) < 4.78 is 26.5. The summed E-state index contributed by atoms with van der Waals surface area (Å²) in [5.74, 6) is -0.887. The Labute approximate surface area is 205 Å². The van der Waals surface area contributed by atoms with Gasteiger partial charge in [-0.1, -0.05) is 47.5 Å². The van der Waals surface area contributed by atoms with Gasteiger partial charge in [-0.3, -0.25) is 13.9 Å². The van der Waals surface area contributed by atoms with Gasteiger partial charge < -0.3 is 10.2 Å². The van der Waals surface area contributed by atoms with Gasteiger partial charge in [0, 0.05) is 23.1 Å². The summed E-state index contributed by atoms with van der Waals surface area (Å²) in [6.07, 6.45) is 1.06. The number of carbonyl (C=O) groups excluding carboxylic acids is 2. The molecule has 0 radical (unpaired) electrons. The largest absolute Gasteiger partial charge is 0.355 e. The van der Waals surface area contributed by atoms with Crippen LogP contribution in [0.5, 0.6) is 0 Å². The van der Waals surface area contributed by atoms with E-state index >= 15 is 0 Å². The fourth-order valence-electron chi connectivity index (χ4n) is 3.51. The number of nitrogens with one attached hydrogen (secondary N) is 1. The monoisotopic (exact) mass is 513 g/mol. The third-order valence-corrected chi connectivity index (χ3v) is 6.94. The molecule has 2 aromatic rings. The maximum atomic E-state index is 13.5. The van der Waals surface area contributed by atoms with Crippen molar-refractivity contribution < 1.29 is 18.0 Å². The van der Waals surface area contributed by atoms with Crippen LogP contribution in [0.25, 0.3) is 0 Å². The number of carbonyl (C=O) groups is 2. The van der Waals surface area contributed by atoms with Crippen LogP contribution in [0.2, 0.25) is 10.0 Å². The number of hydrogen-bond donors (Lipinski definition) is 1. The van der Waals surface area contributed by atoms with Gasteiger partial charge in [0.2, 0.25) is 21.8 Å². The van der Waals surface area contributed by atoms with Gasteiger partial charge >= 0.3 is 0 Å². The molecule has 1 N–H and O–H groups in total. The third kappa shape index (κ3) is 6.85. The molecule has 2 rings (SSSR count). The number of benzene rings is 2. The first-order valence-electron chi connectivity index (χ1n) is 10.4. The van der Waals surface area contributed by atoms with E-state index in [9.17, 15) is 18.0 Å². The van der Waals surface area contributed by atoms with Crippen LogP contribution >= 0.6 is 23.2 Å². The normalized spacial score (nSPS) is 12.2. The number of halogens is 2. The number of likely N-dealkylation sites (N-methyl/N-ethyl adjacent to an activating group) is 1. The first kappa shape index (κ1) is 27.0. The predicted octanol–water partition coefficient (Wildman–Crippen LogP) is 3.93. The van der Waals surface area contributed by atoms with E-state index in [0.29, 0.717) is 27.8 Å². The minimum atomic E-state index is -3.79. The molecule has 0 aromatic heterocycles. The average molecular weight is 514 g/mol. The summed E-state index contributed by atoms with van der Waals surface area (Å²) >= 11 is 12.3. The summed E-state index contributed by atoms with van der Waals surface area (Å²) in [5.41, 5.74) is 2.47. The first-order chi connectivity index (χ1) is 15.4. The predicted molar refractivity (Wildman–Crippen MR) is 133 cm³/mol. The lowest BCUT2D eigenvalue weighted by Gasteiger charge is -2.32. The van der Waals surface area contributed by atoms with Crippen molar-refractivity contribution in [1.29, 1.82) is 0 Å². The zero-order valence-corrected chi connectivity index (χ0v) is 21.7. The highest BCUT2D eigenvalue weighted by atomic mass is 35.5. The average Bonchev–Trinajstić information content (AvgIpc) is 2.71. The molecule has 1 atom stereocenters. The Hall–Kier alpha value is -2.29. The van der Waals surface area contributed by atoms with Crippen molar-refractivity contribution >= 4 is 50.7 Å².